The zero-order valence-electron chi connectivity index (χ0n) is 12.5. The van der Waals surface area contributed by atoms with Gasteiger partial charge in [-0.1, -0.05) is 13.8 Å². The molecule has 1 aromatic rings. The second-order valence-corrected chi connectivity index (χ2v) is 5.63. The zero-order chi connectivity index (χ0) is 15.2. The van der Waals surface area contributed by atoms with E-state index >= 15 is 0 Å². The molecule has 0 bridgehead atoms. The third kappa shape index (κ3) is 4.68. The molecule has 1 aromatic heterocycles. The molecular formula is C15H22N2O4. The molecule has 2 heterocycles. The third-order valence-corrected chi connectivity index (χ3v) is 3.29. The van der Waals surface area contributed by atoms with Crippen LogP contribution in [-0.2, 0) is 4.74 Å². The molecule has 1 aliphatic heterocycles. The molecule has 1 aliphatic rings. The van der Waals surface area contributed by atoms with Crippen LogP contribution in [0, 0.1) is 5.92 Å². The molecule has 1 unspecified atom stereocenters. The van der Waals surface area contributed by atoms with E-state index in [0.717, 1.165) is 19.6 Å². The van der Waals surface area contributed by atoms with Crippen molar-refractivity contribution in [3.8, 4) is 5.75 Å². The van der Waals surface area contributed by atoms with Gasteiger partial charge in [0.15, 0.2) is 5.75 Å². The van der Waals surface area contributed by atoms with Crippen LogP contribution in [0.25, 0.3) is 0 Å². The molecule has 2 rings (SSSR count). The topological polar surface area (TPSA) is 71.9 Å². The van der Waals surface area contributed by atoms with Crippen LogP contribution >= 0.6 is 0 Å². The maximum absolute atomic E-state index is 11.1. The Kier molecular flexibility index (Phi) is 5.52. The van der Waals surface area contributed by atoms with Gasteiger partial charge in [0.1, 0.15) is 18.3 Å². The highest BCUT2D eigenvalue weighted by molar-refractivity contribution is 5.90. The van der Waals surface area contributed by atoms with Crippen molar-refractivity contribution in [1.82, 2.24) is 9.88 Å². The summed E-state index contributed by atoms with van der Waals surface area (Å²) in [5, 5.41) is 9.10. The molecule has 6 nitrogen and oxygen atoms in total. The fourth-order valence-electron chi connectivity index (χ4n) is 2.42. The van der Waals surface area contributed by atoms with Crippen LogP contribution in [-0.4, -0.2) is 59.9 Å². The Morgan fingerprint density at radius 3 is 3.14 bits per heavy atom. The van der Waals surface area contributed by atoms with Crippen molar-refractivity contribution in [3.63, 3.8) is 0 Å². The average molecular weight is 294 g/mol. The van der Waals surface area contributed by atoms with Crippen LogP contribution in [0.2, 0.25) is 0 Å². The minimum Gasteiger partial charge on any atom is -0.488 e. The van der Waals surface area contributed by atoms with Crippen LogP contribution in [0.3, 0.4) is 0 Å². The van der Waals surface area contributed by atoms with Crippen LogP contribution < -0.4 is 4.74 Å². The van der Waals surface area contributed by atoms with Crippen LogP contribution in [0.15, 0.2) is 18.5 Å². The fourth-order valence-corrected chi connectivity index (χ4v) is 2.42. The number of aromatic carboxylic acids is 1. The van der Waals surface area contributed by atoms with Gasteiger partial charge in [-0.2, -0.15) is 0 Å². The molecule has 0 aromatic carbocycles. The van der Waals surface area contributed by atoms with Crippen LogP contribution in [0.4, 0.5) is 0 Å². The Bertz CT molecular complexity index is 478. The first kappa shape index (κ1) is 15.7. The first-order valence-electron chi connectivity index (χ1n) is 7.20. The number of rotatable bonds is 6. The van der Waals surface area contributed by atoms with E-state index in [1.165, 1.54) is 18.5 Å². The van der Waals surface area contributed by atoms with Gasteiger partial charge in [0.25, 0.3) is 0 Å². The molecule has 0 radical (unpaired) electrons. The first-order valence-corrected chi connectivity index (χ1v) is 7.20. The smallest absolute Gasteiger partial charge is 0.339 e. The molecule has 0 spiro atoms. The van der Waals surface area contributed by atoms with Gasteiger partial charge in [0.2, 0.25) is 0 Å². The Balaban J connectivity index is 1.89. The van der Waals surface area contributed by atoms with Crippen molar-refractivity contribution >= 4 is 5.97 Å². The van der Waals surface area contributed by atoms with Gasteiger partial charge >= 0.3 is 5.97 Å². The van der Waals surface area contributed by atoms with Gasteiger partial charge in [-0.25, -0.2) is 4.79 Å². The molecule has 0 aliphatic carbocycles. The fraction of sp³-hybridized carbons (Fsp3) is 0.600. The normalized spacial score (nSPS) is 19.7. The highest BCUT2D eigenvalue weighted by Crippen LogP contribution is 2.17. The highest BCUT2D eigenvalue weighted by atomic mass is 16.5. The summed E-state index contributed by atoms with van der Waals surface area (Å²) in [4.78, 5) is 17.4. The number of hydrogen-bond donors (Lipinski definition) is 1. The maximum atomic E-state index is 11.1. The summed E-state index contributed by atoms with van der Waals surface area (Å²) in [6.45, 7) is 8.17. The van der Waals surface area contributed by atoms with E-state index < -0.39 is 5.97 Å². The summed E-state index contributed by atoms with van der Waals surface area (Å²) in [6.07, 6.45) is 2.83. The van der Waals surface area contributed by atoms with Crippen molar-refractivity contribution in [3.05, 3.63) is 24.0 Å². The number of carboxylic acids is 1. The lowest BCUT2D eigenvalue weighted by molar-refractivity contribution is -0.0506. The van der Waals surface area contributed by atoms with E-state index in [1.807, 2.05) is 0 Å². The van der Waals surface area contributed by atoms with Crippen molar-refractivity contribution < 1.29 is 19.4 Å². The van der Waals surface area contributed by atoms with Gasteiger partial charge < -0.3 is 14.6 Å². The van der Waals surface area contributed by atoms with Gasteiger partial charge in [-0.05, 0) is 12.0 Å². The predicted molar refractivity (Wildman–Crippen MR) is 77.7 cm³/mol. The number of pyridine rings is 1. The lowest BCUT2D eigenvalue weighted by atomic mass is 10.2. The summed E-state index contributed by atoms with van der Waals surface area (Å²) in [7, 11) is 0. The Labute approximate surface area is 124 Å². The first-order chi connectivity index (χ1) is 10.1. The molecular weight excluding hydrogens is 272 g/mol. The number of carboxylic acid groups (broad SMARTS) is 1. The minimum absolute atomic E-state index is 0.0423. The van der Waals surface area contributed by atoms with Gasteiger partial charge in [-0.3, -0.25) is 9.88 Å². The molecule has 0 amide bonds. The minimum atomic E-state index is -1.02. The highest BCUT2D eigenvalue weighted by Gasteiger charge is 2.22. The Morgan fingerprint density at radius 2 is 2.43 bits per heavy atom. The molecule has 116 valence electrons. The van der Waals surface area contributed by atoms with E-state index in [2.05, 4.69) is 23.7 Å². The van der Waals surface area contributed by atoms with E-state index in [-0.39, 0.29) is 17.4 Å². The molecule has 21 heavy (non-hydrogen) atoms. The summed E-state index contributed by atoms with van der Waals surface area (Å²) < 4.78 is 11.3. The molecule has 1 N–H and O–H groups in total. The summed E-state index contributed by atoms with van der Waals surface area (Å²) in [6, 6.07) is 1.43. The summed E-state index contributed by atoms with van der Waals surface area (Å²) in [5.41, 5.74) is 0.125. The lowest BCUT2D eigenvalue weighted by Gasteiger charge is -2.33. The largest absolute Gasteiger partial charge is 0.488 e. The number of ether oxygens (including phenoxy) is 2. The van der Waals surface area contributed by atoms with E-state index in [4.69, 9.17) is 14.6 Å². The standard InChI is InChI=1S/C15H22N2O4/c1-11(2)8-17-5-6-20-12(9-17)10-21-14-7-16-4-3-13(14)15(18)19/h3-4,7,11-12H,5-6,8-10H2,1-2H3,(H,18,19). The number of aromatic nitrogens is 1. The molecule has 1 fully saturated rings. The number of morpholine rings is 1. The Morgan fingerprint density at radius 1 is 1.62 bits per heavy atom. The molecule has 0 saturated carbocycles. The van der Waals surface area contributed by atoms with E-state index in [9.17, 15) is 4.79 Å². The second-order valence-electron chi connectivity index (χ2n) is 5.63. The Hall–Kier alpha value is -1.66. The molecule has 6 heteroatoms. The van der Waals surface area contributed by atoms with Crippen molar-refractivity contribution in [2.75, 3.05) is 32.8 Å². The van der Waals surface area contributed by atoms with Gasteiger partial charge in [0, 0.05) is 25.8 Å². The van der Waals surface area contributed by atoms with Crippen molar-refractivity contribution in [2.24, 2.45) is 5.92 Å². The number of carbonyl (C=O) groups is 1. The quantitative estimate of drug-likeness (QED) is 0.857. The third-order valence-electron chi connectivity index (χ3n) is 3.29. The second kappa shape index (κ2) is 7.38. The van der Waals surface area contributed by atoms with Crippen LogP contribution in [0.5, 0.6) is 5.75 Å². The number of hydrogen-bond acceptors (Lipinski definition) is 5. The van der Waals surface area contributed by atoms with Crippen molar-refractivity contribution in [2.45, 2.75) is 20.0 Å². The molecule has 1 atom stereocenters. The average Bonchev–Trinajstić information content (AvgIpc) is 2.45. The lowest BCUT2D eigenvalue weighted by Crippen LogP contribution is -2.46. The monoisotopic (exact) mass is 294 g/mol. The summed E-state index contributed by atoms with van der Waals surface area (Å²) in [5.74, 6) is -0.116. The summed E-state index contributed by atoms with van der Waals surface area (Å²) >= 11 is 0. The zero-order valence-corrected chi connectivity index (χ0v) is 12.5. The predicted octanol–water partition coefficient (Wildman–Crippen LogP) is 1.52. The van der Waals surface area contributed by atoms with Crippen molar-refractivity contribution in [1.29, 1.82) is 0 Å². The van der Waals surface area contributed by atoms with E-state index in [1.54, 1.807) is 0 Å². The van der Waals surface area contributed by atoms with Crippen LogP contribution in [0.1, 0.15) is 24.2 Å². The maximum Gasteiger partial charge on any atom is 0.339 e. The number of nitrogens with zero attached hydrogens (tertiary/aromatic N) is 2. The van der Waals surface area contributed by atoms with E-state index in [0.29, 0.717) is 19.1 Å². The van der Waals surface area contributed by atoms with Gasteiger partial charge in [0.05, 0.1) is 12.8 Å². The molecule has 1 saturated heterocycles. The van der Waals surface area contributed by atoms with Gasteiger partial charge in [-0.15, -0.1) is 0 Å². The SMILES string of the molecule is CC(C)CN1CCOC(COc2cnccc2C(=O)O)C1.